The molecule has 0 spiro atoms. The number of rotatable bonds is 7. The van der Waals surface area contributed by atoms with E-state index in [1.807, 2.05) is 25.8 Å². The van der Waals surface area contributed by atoms with Crippen LogP contribution in [-0.4, -0.2) is 69.7 Å². The quantitative estimate of drug-likeness (QED) is 0.698. The number of aliphatic hydroxyl groups is 1. The lowest BCUT2D eigenvalue weighted by Gasteiger charge is -2.20. The molecule has 2 atom stereocenters. The van der Waals surface area contributed by atoms with Crippen LogP contribution in [0.25, 0.3) is 0 Å². The van der Waals surface area contributed by atoms with Crippen molar-refractivity contribution in [3.05, 3.63) is 23.5 Å². The van der Waals surface area contributed by atoms with E-state index in [0.29, 0.717) is 48.7 Å². The monoisotopic (exact) mass is 377 g/mol. The van der Waals surface area contributed by atoms with Gasteiger partial charge in [0.2, 0.25) is 5.89 Å². The molecule has 0 bridgehead atoms. The highest BCUT2D eigenvalue weighted by Crippen LogP contribution is 2.40. The smallest absolute Gasteiger partial charge is 0.299 e. The number of nitrogens with zero attached hydrogens (tertiary/aromatic N) is 5. The summed E-state index contributed by atoms with van der Waals surface area (Å²) in [5.41, 5.74) is 0.408. The first-order chi connectivity index (χ1) is 13.0. The Kier molecular flexibility index (Phi) is 4.52. The van der Waals surface area contributed by atoms with Gasteiger partial charge in [0.1, 0.15) is 12.3 Å². The molecule has 10 nitrogen and oxygen atoms in total. The van der Waals surface area contributed by atoms with Crippen LogP contribution >= 0.6 is 0 Å². The molecule has 0 saturated carbocycles. The van der Waals surface area contributed by atoms with Crippen molar-refractivity contribution >= 4 is 11.7 Å². The highest BCUT2D eigenvalue weighted by Gasteiger charge is 2.53. The third-order valence-corrected chi connectivity index (χ3v) is 4.64. The minimum atomic E-state index is -0.337. The van der Waals surface area contributed by atoms with Crippen molar-refractivity contribution in [2.45, 2.75) is 39.3 Å². The van der Waals surface area contributed by atoms with Crippen LogP contribution in [0.2, 0.25) is 0 Å². The SMILES string of the molecule is CCOc1nc2c(n1Cc1ncc(C)o1)C(=O)N(CCCO)C1OC1N2C. The molecule has 2 aliphatic heterocycles. The van der Waals surface area contributed by atoms with Crippen LogP contribution in [0.5, 0.6) is 6.01 Å². The number of hydrogen-bond acceptors (Lipinski definition) is 8. The molecule has 4 heterocycles. The van der Waals surface area contributed by atoms with Gasteiger partial charge in [-0.05, 0) is 20.3 Å². The molecule has 1 saturated heterocycles. The van der Waals surface area contributed by atoms with Gasteiger partial charge in [-0.1, -0.05) is 0 Å². The Morgan fingerprint density at radius 3 is 2.85 bits per heavy atom. The summed E-state index contributed by atoms with van der Waals surface area (Å²) in [4.78, 5) is 25.6. The van der Waals surface area contributed by atoms with Crippen LogP contribution in [0.3, 0.4) is 0 Å². The second kappa shape index (κ2) is 6.86. The zero-order valence-corrected chi connectivity index (χ0v) is 15.6. The molecular weight excluding hydrogens is 354 g/mol. The van der Waals surface area contributed by atoms with Crippen molar-refractivity contribution in [2.75, 3.05) is 31.7 Å². The zero-order chi connectivity index (χ0) is 19.1. The van der Waals surface area contributed by atoms with Gasteiger partial charge in [0, 0.05) is 20.2 Å². The van der Waals surface area contributed by atoms with Gasteiger partial charge in [0.15, 0.2) is 24.0 Å². The average molecular weight is 377 g/mol. The fourth-order valence-electron chi connectivity index (χ4n) is 3.32. The number of carbonyl (C=O) groups is 1. The van der Waals surface area contributed by atoms with Crippen molar-refractivity contribution in [1.82, 2.24) is 19.4 Å². The largest absolute Gasteiger partial charge is 0.465 e. The predicted molar refractivity (Wildman–Crippen MR) is 93.5 cm³/mol. The highest BCUT2D eigenvalue weighted by atomic mass is 16.6. The van der Waals surface area contributed by atoms with Gasteiger partial charge < -0.3 is 28.8 Å². The topological polar surface area (TPSA) is 109 Å². The number of epoxide rings is 1. The fraction of sp³-hybridized carbons (Fsp3) is 0.588. The summed E-state index contributed by atoms with van der Waals surface area (Å²) in [5, 5.41) is 9.18. The Bertz CT molecular complexity index is 847. The highest BCUT2D eigenvalue weighted by molar-refractivity contribution is 5.99. The summed E-state index contributed by atoms with van der Waals surface area (Å²) in [6.45, 7) is 4.72. The summed E-state index contributed by atoms with van der Waals surface area (Å²) in [6.07, 6.45) is 1.52. The van der Waals surface area contributed by atoms with Crippen LogP contribution in [0.1, 0.15) is 35.5 Å². The number of oxazole rings is 1. The number of imidazole rings is 1. The summed E-state index contributed by atoms with van der Waals surface area (Å²) in [7, 11) is 1.84. The molecule has 4 rings (SSSR count). The van der Waals surface area contributed by atoms with E-state index in [9.17, 15) is 9.90 Å². The second-order valence-corrected chi connectivity index (χ2v) is 6.55. The first-order valence-electron chi connectivity index (χ1n) is 8.99. The van der Waals surface area contributed by atoms with Crippen molar-refractivity contribution in [3.63, 3.8) is 0 Å². The molecule has 146 valence electrons. The van der Waals surface area contributed by atoms with Crippen LogP contribution in [0, 0.1) is 6.92 Å². The van der Waals surface area contributed by atoms with Crippen molar-refractivity contribution < 1.29 is 23.8 Å². The standard InChI is InChI=1S/C17H23N5O5/c1-4-25-17-19-13-12(22(17)9-11-18-8-10(2)26-11)14(24)21(6-5-7-23)16-15(27-16)20(13)3/h8,15-16,23H,4-7,9H2,1-3H3. The van der Waals surface area contributed by atoms with Crippen LogP contribution in [0.4, 0.5) is 5.82 Å². The maximum absolute atomic E-state index is 13.3. The number of aryl methyl sites for hydroxylation is 1. The fourth-order valence-corrected chi connectivity index (χ4v) is 3.32. The first kappa shape index (κ1) is 17.8. The number of fused-ring (bicyclic) bond motifs is 2. The number of amides is 1. The zero-order valence-electron chi connectivity index (χ0n) is 15.6. The Morgan fingerprint density at radius 1 is 1.37 bits per heavy atom. The van der Waals surface area contributed by atoms with Gasteiger partial charge in [-0.25, -0.2) is 4.98 Å². The molecule has 0 aromatic carbocycles. The normalized spacial score (nSPS) is 21.1. The molecule has 1 N–H and O–H groups in total. The number of hydrogen-bond donors (Lipinski definition) is 1. The molecule has 2 unspecified atom stereocenters. The van der Waals surface area contributed by atoms with Gasteiger partial charge in [-0.3, -0.25) is 9.36 Å². The number of aliphatic hydroxyl groups excluding tert-OH is 1. The summed E-state index contributed by atoms with van der Waals surface area (Å²) >= 11 is 0. The molecule has 2 aromatic heterocycles. The van der Waals surface area contributed by atoms with Crippen molar-refractivity contribution in [3.8, 4) is 6.01 Å². The van der Waals surface area contributed by atoms with E-state index in [-0.39, 0.29) is 31.5 Å². The van der Waals surface area contributed by atoms with Gasteiger partial charge in [-0.2, -0.15) is 4.98 Å². The second-order valence-electron chi connectivity index (χ2n) is 6.55. The van der Waals surface area contributed by atoms with E-state index in [1.165, 1.54) is 0 Å². The number of likely N-dealkylation sites (N-methyl/N-ethyl adjacent to an activating group) is 1. The van der Waals surface area contributed by atoms with Gasteiger partial charge in [0.05, 0.1) is 12.8 Å². The van der Waals surface area contributed by atoms with Crippen LogP contribution in [0.15, 0.2) is 10.6 Å². The Hall–Kier alpha value is -2.59. The minimum absolute atomic E-state index is 0.00289. The number of carbonyl (C=O) groups excluding carboxylic acids is 1. The summed E-state index contributed by atoms with van der Waals surface area (Å²) in [5.74, 6) is 1.45. The maximum atomic E-state index is 13.3. The molecular formula is C17H23N5O5. The first-order valence-corrected chi connectivity index (χ1v) is 8.99. The van der Waals surface area contributed by atoms with E-state index in [1.54, 1.807) is 15.7 Å². The van der Waals surface area contributed by atoms with Gasteiger partial charge >= 0.3 is 0 Å². The van der Waals surface area contributed by atoms with E-state index >= 15 is 0 Å². The van der Waals surface area contributed by atoms with E-state index < -0.39 is 0 Å². The third-order valence-electron chi connectivity index (χ3n) is 4.64. The number of ether oxygens (including phenoxy) is 2. The lowest BCUT2D eigenvalue weighted by Crippen LogP contribution is -2.37. The van der Waals surface area contributed by atoms with E-state index in [4.69, 9.17) is 13.9 Å². The van der Waals surface area contributed by atoms with Crippen LogP contribution < -0.4 is 9.64 Å². The number of anilines is 1. The van der Waals surface area contributed by atoms with Gasteiger partial charge in [-0.15, -0.1) is 0 Å². The Balaban J connectivity index is 1.77. The summed E-state index contributed by atoms with van der Waals surface area (Å²) < 4.78 is 18.6. The van der Waals surface area contributed by atoms with E-state index in [0.717, 1.165) is 0 Å². The average Bonchev–Trinajstić information content (AvgIpc) is 3.22. The summed E-state index contributed by atoms with van der Waals surface area (Å²) in [6, 6.07) is 0.333. The van der Waals surface area contributed by atoms with Crippen LogP contribution in [-0.2, 0) is 11.3 Å². The molecule has 1 fully saturated rings. The van der Waals surface area contributed by atoms with E-state index in [2.05, 4.69) is 9.97 Å². The molecule has 10 heteroatoms. The van der Waals surface area contributed by atoms with Crippen molar-refractivity contribution in [1.29, 1.82) is 0 Å². The molecule has 0 radical (unpaired) electrons. The number of aromatic nitrogens is 3. The Labute approximate surface area is 156 Å². The molecule has 27 heavy (non-hydrogen) atoms. The lowest BCUT2D eigenvalue weighted by molar-refractivity contribution is 0.0644. The molecule has 0 aliphatic carbocycles. The predicted octanol–water partition coefficient (Wildman–Crippen LogP) is 0.583. The third kappa shape index (κ3) is 3.04. The lowest BCUT2D eigenvalue weighted by atomic mass is 10.3. The molecule has 2 aromatic rings. The maximum Gasteiger partial charge on any atom is 0.299 e. The van der Waals surface area contributed by atoms with Gasteiger partial charge in [0.25, 0.3) is 11.9 Å². The van der Waals surface area contributed by atoms with Crippen molar-refractivity contribution in [2.24, 2.45) is 0 Å². The molecule has 1 amide bonds. The minimum Gasteiger partial charge on any atom is -0.465 e. The Morgan fingerprint density at radius 2 is 2.19 bits per heavy atom. The molecule has 2 aliphatic rings.